The second kappa shape index (κ2) is 8.43. The Morgan fingerprint density at radius 3 is 2.24 bits per heavy atom. The summed E-state index contributed by atoms with van der Waals surface area (Å²) in [6, 6.07) is 8.59. The Labute approximate surface area is 131 Å². The molecule has 120 valence electrons. The van der Waals surface area contributed by atoms with Crippen LogP contribution in [0.5, 0.6) is 5.75 Å². The number of ether oxygens (including phenoxy) is 1. The summed E-state index contributed by atoms with van der Waals surface area (Å²) in [5, 5.41) is 3.51. The lowest BCUT2D eigenvalue weighted by Gasteiger charge is -2.21. The smallest absolute Gasteiger partial charge is 0.119 e. The lowest BCUT2D eigenvalue weighted by atomic mass is 9.99. The van der Waals surface area contributed by atoms with E-state index in [0.717, 1.165) is 25.1 Å². The number of hydrogen-bond donors (Lipinski definition) is 1. The van der Waals surface area contributed by atoms with Gasteiger partial charge in [-0.3, -0.25) is 0 Å². The first-order valence-corrected chi connectivity index (χ1v) is 8.33. The summed E-state index contributed by atoms with van der Waals surface area (Å²) in [5.41, 5.74) is 1.60. The molecule has 0 spiro atoms. The average Bonchev–Trinajstić information content (AvgIpc) is 2.42. The Balaban J connectivity index is 2.32. The first-order valence-electron chi connectivity index (χ1n) is 8.33. The summed E-state index contributed by atoms with van der Waals surface area (Å²) in [5.74, 6) is 1.61. The van der Waals surface area contributed by atoms with E-state index >= 15 is 0 Å². The van der Waals surface area contributed by atoms with Crippen molar-refractivity contribution in [2.45, 2.75) is 78.4 Å². The summed E-state index contributed by atoms with van der Waals surface area (Å²) < 4.78 is 5.99. The van der Waals surface area contributed by atoms with Crippen molar-refractivity contribution in [1.82, 2.24) is 5.32 Å². The Bertz CT molecular complexity index is 391. The van der Waals surface area contributed by atoms with Gasteiger partial charge in [0.05, 0.1) is 6.10 Å². The molecule has 1 aromatic rings. The van der Waals surface area contributed by atoms with Crippen LogP contribution in [0.25, 0.3) is 0 Å². The Morgan fingerprint density at radius 2 is 1.71 bits per heavy atom. The molecule has 1 rings (SSSR count). The summed E-state index contributed by atoms with van der Waals surface area (Å²) in [4.78, 5) is 0. The third-order valence-corrected chi connectivity index (χ3v) is 3.84. The molecule has 2 unspecified atom stereocenters. The molecular weight excluding hydrogens is 258 g/mol. The van der Waals surface area contributed by atoms with E-state index in [4.69, 9.17) is 4.74 Å². The van der Waals surface area contributed by atoms with Crippen molar-refractivity contribution in [3.63, 3.8) is 0 Å². The van der Waals surface area contributed by atoms with Crippen molar-refractivity contribution in [3.8, 4) is 5.75 Å². The first-order chi connectivity index (χ1) is 9.81. The molecular formula is C19H33NO. The lowest BCUT2D eigenvalue weighted by molar-refractivity contribution is 0.206. The second-order valence-corrected chi connectivity index (χ2v) is 7.13. The number of hydrogen-bond acceptors (Lipinski definition) is 2. The fraction of sp³-hybridized carbons (Fsp3) is 0.684. The molecule has 1 aromatic carbocycles. The molecule has 0 fully saturated rings. The van der Waals surface area contributed by atoms with Crippen LogP contribution in [-0.4, -0.2) is 18.2 Å². The maximum Gasteiger partial charge on any atom is 0.119 e. The molecule has 0 aliphatic carbocycles. The highest BCUT2D eigenvalue weighted by atomic mass is 16.5. The van der Waals surface area contributed by atoms with Crippen LogP contribution in [0.4, 0.5) is 0 Å². The average molecular weight is 291 g/mol. The van der Waals surface area contributed by atoms with Crippen molar-refractivity contribution in [1.29, 1.82) is 0 Å². The molecule has 0 amide bonds. The zero-order valence-corrected chi connectivity index (χ0v) is 14.7. The summed E-state index contributed by atoms with van der Waals surface area (Å²) in [7, 11) is 0. The van der Waals surface area contributed by atoms with Crippen molar-refractivity contribution >= 4 is 0 Å². The number of benzene rings is 1. The van der Waals surface area contributed by atoms with E-state index in [0.29, 0.717) is 5.92 Å². The van der Waals surface area contributed by atoms with E-state index in [9.17, 15) is 0 Å². The molecule has 0 aliphatic heterocycles. The normalized spacial score (nSPS) is 14.8. The van der Waals surface area contributed by atoms with E-state index in [1.165, 1.54) is 12.0 Å². The summed E-state index contributed by atoms with van der Waals surface area (Å²) in [6.45, 7) is 14.3. The zero-order chi connectivity index (χ0) is 15.9. The van der Waals surface area contributed by atoms with Gasteiger partial charge in [-0.05, 0) is 77.1 Å². The van der Waals surface area contributed by atoms with Gasteiger partial charge in [-0.2, -0.15) is 0 Å². The largest absolute Gasteiger partial charge is 0.491 e. The molecule has 21 heavy (non-hydrogen) atoms. The van der Waals surface area contributed by atoms with Gasteiger partial charge in [0.15, 0.2) is 0 Å². The van der Waals surface area contributed by atoms with Crippen LogP contribution in [-0.2, 0) is 0 Å². The molecule has 0 radical (unpaired) electrons. The van der Waals surface area contributed by atoms with Crippen LogP contribution < -0.4 is 10.1 Å². The molecule has 0 aromatic heterocycles. The zero-order valence-electron chi connectivity index (χ0n) is 14.7. The minimum absolute atomic E-state index is 0.204. The van der Waals surface area contributed by atoms with Gasteiger partial charge in [0.2, 0.25) is 0 Å². The maximum atomic E-state index is 5.99. The van der Waals surface area contributed by atoms with E-state index < -0.39 is 0 Å². The van der Waals surface area contributed by atoms with Crippen LogP contribution in [0.1, 0.15) is 72.3 Å². The van der Waals surface area contributed by atoms with E-state index in [1.54, 1.807) is 0 Å². The van der Waals surface area contributed by atoms with Gasteiger partial charge in [0.1, 0.15) is 5.75 Å². The van der Waals surface area contributed by atoms with Crippen molar-refractivity contribution < 1.29 is 4.74 Å². The molecule has 2 heteroatoms. The lowest BCUT2D eigenvalue weighted by Crippen LogP contribution is -2.36. The van der Waals surface area contributed by atoms with Gasteiger partial charge in [-0.1, -0.05) is 26.0 Å². The van der Waals surface area contributed by atoms with Crippen molar-refractivity contribution in [3.05, 3.63) is 29.8 Å². The van der Waals surface area contributed by atoms with Gasteiger partial charge < -0.3 is 10.1 Å². The maximum absolute atomic E-state index is 5.99. The van der Waals surface area contributed by atoms with Crippen LogP contribution in [0.2, 0.25) is 0 Å². The highest BCUT2D eigenvalue weighted by Crippen LogP contribution is 2.22. The van der Waals surface area contributed by atoms with Crippen LogP contribution in [0.3, 0.4) is 0 Å². The van der Waals surface area contributed by atoms with Gasteiger partial charge in [0.25, 0.3) is 0 Å². The molecule has 0 saturated heterocycles. The van der Waals surface area contributed by atoms with Gasteiger partial charge >= 0.3 is 0 Å². The fourth-order valence-electron chi connectivity index (χ4n) is 2.25. The molecule has 2 atom stereocenters. The number of nitrogens with one attached hydrogen (secondary N) is 1. The topological polar surface area (TPSA) is 21.3 Å². The monoisotopic (exact) mass is 291 g/mol. The summed E-state index contributed by atoms with van der Waals surface area (Å²) in [6.07, 6.45) is 3.66. The van der Waals surface area contributed by atoms with E-state index in [-0.39, 0.29) is 11.6 Å². The van der Waals surface area contributed by atoms with Gasteiger partial charge in [0, 0.05) is 5.54 Å². The molecule has 0 heterocycles. The van der Waals surface area contributed by atoms with Crippen molar-refractivity contribution in [2.75, 3.05) is 6.54 Å². The number of rotatable bonds is 8. The van der Waals surface area contributed by atoms with E-state index in [1.807, 2.05) is 0 Å². The summed E-state index contributed by atoms with van der Waals surface area (Å²) >= 11 is 0. The Kier molecular flexibility index (Phi) is 7.24. The highest BCUT2D eigenvalue weighted by molar-refractivity contribution is 5.29. The van der Waals surface area contributed by atoms with E-state index in [2.05, 4.69) is 71.1 Å². The first kappa shape index (κ1) is 18.0. The quantitative estimate of drug-likeness (QED) is 0.670. The molecule has 2 nitrogen and oxygen atoms in total. The minimum atomic E-state index is 0.204. The minimum Gasteiger partial charge on any atom is -0.491 e. The molecule has 1 N–H and O–H groups in total. The second-order valence-electron chi connectivity index (χ2n) is 7.13. The molecule has 0 bridgehead atoms. The Morgan fingerprint density at radius 1 is 1.10 bits per heavy atom. The van der Waals surface area contributed by atoms with Gasteiger partial charge in [-0.15, -0.1) is 0 Å². The Hall–Kier alpha value is -1.02. The predicted octanol–water partition coefficient (Wildman–Crippen LogP) is 5.14. The van der Waals surface area contributed by atoms with Crippen LogP contribution >= 0.6 is 0 Å². The van der Waals surface area contributed by atoms with Crippen LogP contribution in [0, 0.1) is 0 Å². The highest BCUT2D eigenvalue weighted by Gasteiger charge is 2.09. The predicted molar refractivity (Wildman–Crippen MR) is 92.2 cm³/mol. The van der Waals surface area contributed by atoms with Crippen molar-refractivity contribution in [2.24, 2.45) is 0 Å². The molecule has 0 saturated carbocycles. The third-order valence-electron chi connectivity index (χ3n) is 3.84. The standard InChI is InChI=1S/C19H33NO/c1-7-15(2)17-10-12-18(13-11-17)21-16(3)9-8-14-20-19(4,5)6/h10-13,15-16,20H,7-9,14H2,1-6H3. The third kappa shape index (κ3) is 7.52. The fourth-order valence-corrected chi connectivity index (χ4v) is 2.25. The molecule has 0 aliphatic rings. The SMILES string of the molecule is CCC(C)c1ccc(OC(C)CCCNC(C)(C)C)cc1. The van der Waals surface area contributed by atoms with Gasteiger partial charge in [-0.25, -0.2) is 0 Å². The van der Waals surface area contributed by atoms with Crippen LogP contribution in [0.15, 0.2) is 24.3 Å².